The van der Waals surface area contributed by atoms with Crippen LogP contribution in [0.15, 0.2) is 24.0 Å². The molecule has 0 bridgehead atoms. The number of hydrogen-bond donors (Lipinski definition) is 0. The number of carbonyl (C=O) groups is 2. The number of allylic oxidation sites excluding steroid dienone is 1. The van der Waals surface area contributed by atoms with E-state index in [4.69, 9.17) is 9.47 Å². The van der Waals surface area contributed by atoms with Crippen LogP contribution in [0.5, 0.6) is 0 Å². The van der Waals surface area contributed by atoms with Crippen molar-refractivity contribution < 1.29 is 19.1 Å². The van der Waals surface area contributed by atoms with Crippen molar-refractivity contribution in [3.05, 3.63) is 24.0 Å². The highest BCUT2D eigenvalue weighted by Gasteiger charge is 2.35. The molecule has 0 aromatic carbocycles. The summed E-state index contributed by atoms with van der Waals surface area (Å²) in [6.07, 6.45) is 1.69. The Morgan fingerprint density at radius 1 is 1.67 bits per heavy atom. The fourth-order valence-corrected chi connectivity index (χ4v) is 1.58. The SMILES string of the molecule is C=CCC1=C(OC)CC(OC(C)=O)C1=O. The van der Waals surface area contributed by atoms with E-state index >= 15 is 0 Å². The molecule has 0 heterocycles. The highest BCUT2D eigenvalue weighted by molar-refractivity contribution is 6.02. The molecule has 0 amide bonds. The van der Waals surface area contributed by atoms with Crippen molar-refractivity contribution in [2.75, 3.05) is 7.11 Å². The fraction of sp³-hybridized carbons (Fsp3) is 0.455. The summed E-state index contributed by atoms with van der Waals surface area (Å²) < 4.78 is 9.97. The van der Waals surface area contributed by atoms with Gasteiger partial charge in [0.15, 0.2) is 6.10 Å². The van der Waals surface area contributed by atoms with Crippen molar-refractivity contribution in [2.45, 2.75) is 25.9 Å². The van der Waals surface area contributed by atoms with Crippen LogP contribution >= 0.6 is 0 Å². The first-order valence-corrected chi connectivity index (χ1v) is 4.68. The number of ether oxygens (including phenoxy) is 2. The van der Waals surface area contributed by atoms with Gasteiger partial charge in [-0.15, -0.1) is 6.58 Å². The van der Waals surface area contributed by atoms with Gasteiger partial charge in [0.2, 0.25) is 5.78 Å². The van der Waals surface area contributed by atoms with Gasteiger partial charge in [0.1, 0.15) is 5.76 Å². The van der Waals surface area contributed by atoms with Crippen molar-refractivity contribution in [1.29, 1.82) is 0 Å². The Labute approximate surface area is 88.6 Å². The molecule has 1 atom stereocenters. The largest absolute Gasteiger partial charge is 0.501 e. The summed E-state index contributed by atoms with van der Waals surface area (Å²) in [5, 5.41) is 0. The Hall–Kier alpha value is -1.58. The van der Waals surface area contributed by atoms with E-state index in [1.807, 2.05) is 0 Å². The molecule has 1 aliphatic carbocycles. The van der Waals surface area contributed by atoms with Crippen LogP contribution in [0.4, 0.5) is 0 Å². The second-order valence-corrected chi connectivity index (χ2v) is 3.27. The number of hydrogen-bond acceptors (Lipinski definition) is 4. The van der Waals surface area contributed by atoms with Gasteiger partial charge in [-0.2, -0.15) is 0 Å². The van der Waals surface area contributed by atoms with Gasteiger partial charge in [0.25, 0.3) is 0 Å². The lowest BCUT2D eigenvalue weighted by molar-refractivity contribution is -0.151. The van der Waals surface area contributed by atoms with Gasteiger partial charge in [0.05, 0.1) is 13.5 Å². The minimum absolute atomic E-state index is 0.179. The Bertz CT molecular complexity index is 327. The summed E-state index contributed by atoms with van der Waals surface area (Å²) >= 11 is 0. The molecule has 1 aliphatic rings. The molecule has 15 heavy (non-hydrogen) atoms. The predicted octanol–water partition coefficient (Wildman–Crippen LogP) is 1.37. The van der Waals surface area contributed by atoms with E-state index in [0.717, 1.165) is 0 Å². The Kier molecular flexibility index (Phi) is 3.66. The molecule has 0 N–H and O–H groups in total. The quantitative estimate of drug-likeness (QED) is 0.519. The van der Waals surface area contributed by atoms with E-state index in [1.165, 1.54) is 14.0 Å². The zero-order valence-corrected chi connectivity index (χ0v) is 8.91. The summed E-state index contributed by atoms with van der Waals surface area (Å²) in [5.41, 5.74) is 0.554. The third-order valence-corrected chi connectivity index (χ3v) is 2.20. The molecule has 0 saturated heterocycles. The van der Waals surface area contributed by atoms with Crippen molar-refractivity contribution in [3.63, 3.8) is 0 Å². The van der Waals surface area contributed by atoms with E-state index in [2.05, 4.69) is 6.58 Å². The van der Waals surface area contributed by atoms with E-state index < -0.39 is 12.1 Å². The van der Waals surface area contributed by atoms with Crippen molar-refractivity contribution >= 4 is 11.8 Å². The van der Waals surface area contributed by atoms with E-state index in [9.17, 15) is 9.59 Å². The number of ketones is 1. The highest BCUT2D eigenvalue weighted by Crippen LogP contribution is 2.28. The van der Waals surface area contributed by atoms with Crippen LogP contribution in [0.1, 0.15) is 19.8 Å². The van der Waals surface area contributed by atoms with Crippen LogP contribution in [0.2, 0.25) is 0 Å². The first-order valence-electron chi connectivity index (χ1n) is 4.68. The summed E-state index contributed by atoms with van der Waals surface area (Å²) in [7, 11) is 1.50. The molecule has 4 nitrogen and oxygen atoms in total. The zero-order chi connectivity index (χ0) is 11.4. The first kappa shape index (κ1) is 11.5. The second kappa shape index (κ2) is 4.77. The van der Waals surface area contributed by atoms with Crippen LogP contribution < -0.4 is 0 Å². The average molecular weight is 210 g/mol. The lowest BCUT2D eigenvalue weighted by Crippen LogP contribution is -2.22. The van der Waals surface area contributed by atoms with Gasteiger partial charge in [0, 0.05) is 12.5 Å². The summed E-state index contributed by atoms with van der Waals surface area (Å²) in [6.45, 7) is 4.85. The molecule has 1 rings (SSSR count). The maximum Gasteiger partial charge on any atom is 0.303 e. The van der Waals surface area contributed by atoms with Gasteiger partial charge in [-0.25, -0.2) is 0 Å². The summed E-state index contributed by atoms with van der Waals surface area (Å²) in [6, 6.07) is 0. The summed E-state index contributed by atoms with van der Waals surface area (Å²) in [4.78, 5) is 22.5. The van der Waals surface area contributed by atoms with Crippen LogP contribution in [0.3, 0.4) is 0 Å². The number of carbonyl (C=O) groups excluding carboxylic acids is 2. The first-order chi connectivity index (χ1) is 7.10. The van der Waals surface area contributed by atoms with Crippen LogP contribution in [0, 0.1) is 0 Å². The van der Waals surface area contributed by atoms with Gasteiger partial charge >= 0.3 is 5.97 Å². The Balaban J connectivity index is 2.79. The molecule has 0 spiro atoms. The molecule has 0 saturated carbocycles. The van der Waals surface area contributed by atoms with Crippen LogP contribution in [0.25, 0.3) is 0 Å². The normalized spacial score (nSPS) is 20.4. The molecule has 0 aromatic heterocycles. The number of rotatable bonds is 4. The number of methoxy groups -OCH3 is 1. The third kappa shape index (κ3) is 2.46. The maximum atomic E-state index is 11.7. The summed E-state index contributed by atoms with van der Waals surface area (Å²) in [5.74, 6) is -0.0447. The zero-order valence-electron chi connectivity index (χ0n) is 8.91. The molecular formula is C11H14O4. The van der Waals surface area contributed by atoms with Crippen molar-refractivity contribution in [3.8, 4) is 0 Å². The maximum absolute atomic E-state index is 11.7. The smallest absolute Gasteiger partial charge is 0.303 e. The van der Waals surface area contributed by atoms with Crippen molar-refractivity contribution in [2.24, 2.45) is 0 Å². The monoisotopic (exact) mass is 210 g/mol. The van der Waals surface area contributed by atoms with E-state index in [1.54, 1.807) is 6.08 Å². The number of esters is 1. The third-order valence-electron chi connectivity index (χ3n) is 2.20. The highest BCUT2D eigenvalue weighted by atomic mass is 16.5. The van der Waals surface area contributed by atoms with Crippen LogP contribution in [-0.2, 0) is 19.1 Å². The minimum atomic E-state index is -0.715. The lowest BCUT2D eigenvalue weighted by Gasteiger charge is -2.08. The second-order valence-electron chi connectivity index (χ2n) is 3.27. The van der Waals surface area contributed by atoms with E-state index in [0.29, 0.717) is 24.2 Å². The van der Waals surface area contributed by atoms with Gasteiger partial charge in [-0.3, -0.25) is 9.59 Å². The standard InChI is InChI=1S/C11H14O4/c1-4-5-8-9(14-3)6-10(11(8)13)15-7(2)12/h4,10H,1,5-6H2,2-3H3. The molecule has 0 aromatic rings. The molecule has 82 valence electrons. The van der Waals surface area contributed by atoms with E-state index in [-0.39, 0.29) is 5.78 Å². The van der Waals surface area contributed by atoms with Crippen molar-refractivity contribution in [1.82, 2.24) is 0 Å². The molecule has 0 aliphatic heterocycles. The molecular weight excluding hydrogens is 196 g/mol. The minimum Gasteiger partial charge on any atom is -0.501 e. The van der Waals surface area contributed by atoms with Gasteiger partial charge in [-0.05, 0) is 6.42 Å². The lowest BCUT2D eigenvalue weighted by atomic mass is 10.1. The van der Waals surface area contributed by atoms with Gasteiger partial charge in [-0.1, -0.05) is 6.08 Å². The predicted molar refractivity (Wildman–Crippen MR) is 54.0 cm³/mol. The molecule has 0 fully saturated rings. The average Bonchev–Trinajstić information content (AvgIpc) is 2.46. The molecule has 0 radical (unpaired) electrons. The Morgan fingerprint density at radius 3 is 2.80 bits per heavy atom. The number of Topliss-reactive ketones (excluding diaryl/α,β-unsaturated/α-hetero) is 1. The molecule has 1 unspecified atom stereocenters. The molecule has 4 heteroatoms. The Morgan fingerprint density at radius 2 is 2.33 bits per heavy atom. The van der Waals surface area contributed by atoms with Gasteiger partial charge < -0.3 is 9.47 Å². The topological polar surface area (TPSA) is 52.6 Å². The van der Waals surface area contributed by atoms with Crippen LogP contribution in [-0.4, -0.2) is 25.0 Å². The fourth-order valence-electron chi connectivity index (χ4n) is 1.58.